The fraction of sp³-hybridized carbons (Fsp3) is 0.308. The molecule has 78 valence electrons. The highest BCUT2D eigenvalue weighted by Gasteiger charge is 2.20. The van der Waals surface area contributed by atoms with Crippen LogP contribution in [-0.4, -0.2) is 23.9 Å². The second-order valence-electron chi connectivity index (χ2n) is 3.74. The summed E-state index contributed by atoms with van der Waals surface area (Å²) in [6.45, 7) is 1.07. The maximum atomic E-state index is 12.2. The van der Waals surface area contributed by atoms with E-state index >= 15 is 0 Å². The summed E-state index contributed by atoms with van der Waals surface area (Å²) in [6, 6.07) is 9.03. The molecule has 1 fully saturated rings. The van der Waals surface area contributed by atoms with E-state index in [0.717, 1.165) is 25.9 Å². The SMILES string of the molecule is [2H]C([2H])=C(C(=O)N1CCCC1)c1ccccc1. The van der Waals surface area contributed by atoms with Gasteiger partial charge in [0.15, 0.2) is 0 Å². The fourth-order valence-electron chi connectivity index (χ4n) is 1.81. The van der Waals surface area contributed by atoms with Crippen molar-refractivity contribution in [2.75, 3.05) is 13.1 Å². The lowest BCUT2D eigenvalue weighted by Gasteiger charge is -2.16. The molecule has 1 amide bonds. The van der Waals surface area contributed by atoms with Gasteiger partial charge in [-0.2, -0.15) is 0 Å². The molecule has 0 atom stereocenters. The monoisotopic (exact) mass is 203 g/mol. The number of amides is 1. The lowest BCUT2D eigenvalue weighted by atomic mass is 10.1. The molecule has 1 aromatic carbocycles. The van der Waals surface area contributed by atoms with Crippen LogP contribution in [0.15, 0.2) is 36.9 Å². The standard InChI is InChI=1S/C13H15NO/c1-11(12-7-3-2-4-8-12)13(15)14-9-5-6-10-14/h2-4,7-8H,1,5-6,9-10H2/i1D2. The van der Waals surface area contributed by atoms with Crippen molar-refractivity contribution < 1.29 is 7.54 Å². The zero-order valence-corrected chi connectivity index (χ0v) is 8.57. The molecular weight excluding hydrogens is 186 g/mol. The third-order valence-electron chi connectivity index (χ3n) is 2.67. The number of likely N-dealkylation sites (tertiary alicyclic amines) is 1. The van der Waals surface area contributed by atoms with Crippen LogP contribution in [-0.2, 0) is 4.79 Å². The van der Waals surface area contributed by atoms with Crippen LogP contribution in [0.4, 0.5) is 0 Å². The second-order valence-corrected chi connectivity index (χ2v) is 3.74. The maximum Gasteiger partial charge on any atom is 0.253 e. The topological polar surface area (TPSA) is 20.3 Å². The van der Waals surface area contributed by atoms with E-state index in [4.69, 9.17) is 2.74 Å². The number of nitrogens with zero attached hydrogens (tertiary/aromatic N) is 1. The minimum atomic E-state index is -0.409. The van der Waals surface area contributed by atoms with E-state index in [1.165, 1.54) is 0 Å². The molecule has 0 bridgehead atoms. The Balaban J connectivity index is 2.31. The van der Waals surface area contributed by atoms with Crippen LogP contribution in [0.25, 0.3) is 5.57 Å². The number of hydrogen-bond acceptors (Lipinski definition) is 1. The quantitative estimate of drug-likeness (QED) is 0.675. The van der Waals surface area contributed by atoms with Gasteiger partial charge in [-0.05, 0) is 18.4 Å². The molecule has 1 aliphatic heterocycles. The van der Waals surface area contributed by atoms with Gasteiger partial charge in [0.2, 0.25) is 0 Å². The Morgan fingerprint density at radius 3 is 2.53 bits per heavy atom. The van der Waals surface area contributed by atoms with Gasteiger partial charge >= 0.3 is 0 Å². The van der Waals surface area contributed by atoms with Gasteiger partial charge in [-0.25, -0.2) is 0 Å². The molecule has 0 saturated carbocycles. The van der Waals surface area contributed by atoms with Crippen LogP contribution >= 0.6 is 0 Å². The van der Waals surface area contributed by atoms with Gasteiger partial charge in [-0.15, -0.1) is 0 Å². The van der Waals surface area contributed by atoms with Crippen molar-refractivity contribution in [3.8, 4) is 0 Å². The Morgan fingerprint density at radius 2 is 1.93 bits per heavy atom. The lowest BCUT2D eigenvalue weighted by molar-refractivity contribution is -0.123. The molecular formula is C13H15NO. The molecule has 1 saturated heterocycles. The smallest absolute Gasteiger partial charge is 0.253 e. The Hall–Kier alpha value is -1.57. The summed E-state index contributed by atoms with van der Waals surface area (Å²) in [5.74, 6) is -0.186. The predicted octanol–water partition coefficient (Wildman–Crippen LogP) is 2.32. The number of carbonyl (C=O) groups is 1. The average Bonchev–Trinajstić information content (AvgIpc) is 2.83. The van der Waals surface area contributed by atoms with Gasteiger partial charge in [0.1, 0.15) is 0 Å². The normalized spacial score (nSPS) is 16.9. The Morgan fingerprint density at radius 1 is 1.27 bits per heavy atom. The first-order chi connectivity index (χ1) is 8.20. The lowest BCUT2D eigenvalue weighted by Crippen LogP contribution is -2.28. The van der Waals surface area contributed by atoms with Crippen molar-refractivity contribution in [2.45, 2.75) is 12.8 Å². The molecule has 1 aliphatic rings. The molecule has 15 heavy (non-hydrogen) atoms. The van der Waals surface area contributed by atoms with Crippen molar-refractivity contribution in [2.24, 2.45) is 0 Å². The molecule has 1 aromatic rings. The summed E-state index contributed by atoms with van der Waals surface area (Å²) in [6.07, 6.45) is 2.03. The molecule has 0 aromatic heterocycles. The highest BCUT2D eigenvalue weighted by atomic mass is 16.2. The molecule has 2 nitrogen and oxygen atoms in total. The first-order valence-electron chi connectivity index (χ1n) is 6.22. The first kappa shape index (κ1) is 7.69. The second kappa shape index (κ2) is 4.30. The first-order valence-corrected chi connectivity index (χ1v) is 5.22. The van der Waals surface area contributed by atoms with E-state index in [1.54, 1.807) is 17.0 Å². The zero-order chi connectivity index (χ0) is 12.3. The molecule has 0 aliphatic carbocycles. The molecule has 0 unspecified atom stereocenters. The van der Waals surface area contributed by atoms with E-state index < -0.39 is 6.53 Å². The largest absolute Gasteiger partial charge is 0.339 e. The van der Waals surface area contributed by atoms with E-state index in [0.29, 0.717) is 5.56 Å². The number of benzene rings is 1. The number of rotatable bonds is 2. The van der Waals surface area contributed by atoms with Crippen molar-refractivity contribution in [3.05, 3.63) is 42.4 Å². The maximum absolute atomic E-state index is 12.2. The van der Waals surface area contributed by atoms with Gasteiger partial charge in [0.25, 0.3) is 5.91 Å². The Labute approximate surface area is 93.0 Å². The van der Waals surface area contributed by atoms with Gasteiger partial charge in [0.05, 0.1) is 2.74 Å². The number of carbonyl (C=O) groups excluding carboxylic acids is 1. The average molecular weight is 203 g/mol. The van der Waals surface area contributed by atoms with Crippen LogP contribution in [0.3, 0.4) is 0 Å². The fourth-order valence-corrected chi connectivity index (χ4v) is 1.81. The van der Waals surface area contributed by atoms with Crippen LogP contribution in [0, 0.1) is 0 Å². The van der Waals surface area contributed by atoms with Gasteiger partial charge in [-0.3, -0.25) is 4.79 Å². The number of hydrogen-bond donors (Lipinski definition) is 0. The Bertz CT molecular complexity index is 432. The van der Waals surface area contributed by atoms with Crippen LogP contribution < -0.4 is 0 Å². The third-order valence-corrected chi connectivity index (χ3v) is 2.67. The molecule has 0 spiro atoms. The Kier molecular flexibility index (Phi) is 2.20. The molecule has 1 heterocycles. The van der Waals surface area contributed by atoms with Crippen molar-refractivity contribution in [3.63, 3.8) is 0 Å². The highest BCUT2D eigenvalue weighted by Crippen LogP contribution is 2.18. The summed E-state index contributed by atoms with van der Waals surface area (Å²) < 4.78 is 14.9. The van der Waals surface area contributed by atoms with E-state index in [-0.39, 0.29) is 11.5 Å². The van der Waals surface area contributed by atoms with Gasteiger partial charge in [-0.1, -0.05) is 36.9 Å². The van der Waals surface area contributed by atoms with E-state index in [2.05, 4.69) is 0 Å². The predicted molar refractivity (Wildman–Crippen MR) is 61.3 cm³/mol. The van der Waals surface area contributed by atoms with Gasteiger partial charge < -0.3 is 4.90 Å². The summed E-state index contributed by atoms with van der Waals surface area (Å²) in [7, 11) is 0. The summed E-state index contributed by atoms with van der Waals surface area (Å²) in [5.41, 5.74) is 0.858. The van der Waals surface area contributed by atoms with Gasteiger partial charge in [0, 0.05) is 18.7 Å². The van der Waals surface area contributed by atoms with E-state index in [9.17, 15) is 4.79 Å². The molecule has 2 heteroatoms. The molecule has 0 radical (unpaired) electrons. The van der Waals surface area contributed by atoms with Crippen molar-refractivity contribution >= 4 is 11.5 Å². The summed E-state index contributed by atoms with van der Waals surface area (Å²) >= 11 is 0. The van der Waals surface area contributed by atoms with E-state index in [1.807, 2.05) is 18.2 Å². The molecule has 0 N–H and O–H groups in total. The summed E-state index contributed by atoms with van der Waals surface area (Å²) in [4.78, 5) is 13.9. The minimum absolute atomic E-state index is 0.186. The van der Waals surface area contributed by atoms with Crippen molar-refractivity contribution in [1.82, 2.24) is 4.90 Å². The summed E-state index contributed by atoms with van der Waals surface area (Å²) in [5, 5.41) is 0. The zero-order valence-electron chi connectivity index (χ0n) is 10.6. The molecule has 2 rings (SSSR count). The van der Waals surface area contributed by atoms with Crippen LogP contribution in [0.1, 0.15) is 21.1 Å². The minimum Gasteiger partial charge on any atom is -0.339 e. The third kappa shape index (κ3) is 2.09. The highest BCUT2D eigenvalue weighted by molar-refractivity contribution is 6.18. The van der Waals surface area contributed by atoms with Crippen molar-refractivity contribution in [1.29, 1.82) is 0 Å². The van der Waals surface area contributed by atoms with Crippen LogP contribution in [0.5, 0.6) is 0 Å². The van der Waals surface area contributed by atoms with Crippen LogP contribution in [0.2, 0.25) is 0 Å².